The van der Waals surface area contributed by atoms with Gasteiger partial charge < -0.3 is 15.4 Å². The summed E-state index contributed by atoms with van der Waals surface area (Å²) in [5.41, 5.74) is 3.60. The maximum absolute atomic E-state index is 12.8. The Morgan fingerprint density at radius 1 is 0.963 bits per heavy atom. The lowest BCUT2D eigenvalue weighted by Crippen LogP contribution is -2.45. The van der Waals surface area contributed by atoms with Gasteiger partial charge in [0, 0.05) is 12.2 Å². The summed E-state index contributed by atoms with van der Waals surface area (Å²) in [6, 6.07) is 11.5. The Morgan fingerprint density at radius 2 is 1.52 bits per heavy atom. The third-order valence-electron chi connectivity index (χ3n) is 4.66. The van der Waals surface area contributed by atoms with Gasteiger partial charge in [-0.1, -0.05) is 29.8 Å². The summed E-state index contributed by atoms with van der Waals surface area (Å²) >= 11 is 0. The number of nitrogens with one attached hydrogen (secondary N) is 2. The van der Waals surface area contributed by atoms with Crippen molar-refractivity contribution in [2.75, 3.05) is 12.4 Å². The summed E-state index contributed by atoms with van der Waals surface area (Å²) in [6.07, 6.45) is 0. The molecule has 2 N–H and O–H groups in total. The summed E-state index contributed by atoms with van der Waals surface area (Å²) in [7, 11) is 1.61. The van der Waals surface area contributed by atoms with Crippen molar-refractivity contribution in [1.29, 1.82) is 0 Å². The Bertz CT molecular complexity index is 816. The highest BCUT2D eigenvalue weighted by molar-refractivity contribution is 6.10. The maximum atomic E-state index is 12.8. The van der Waals surface area contributed by atoms with Crippen LogP contribution in [0.15, 0.2) is 36.4 Å². The van der Waals surface area contributed by atoms with Gasteiger partial charge in [0.2, 0.25) is 11.8 Å². The third-order valence-corrected chi connectivity index (χ3v) is 4.66. The van der Waals surface area contributed by atoms with E-state index in [0.29, 0.717) is 6.54 Å². The molecular formula is C22H28N2O3. The molecule has 2 aromatic carbocycles. The van der Waals surface area contributed by atoms with Crippen molar-refractivity contribution in [1.82, 2.24) is 5.32 Å². The lowest BCUT2D eigenvalue weighted by molar-refractivity contribution is -0.138. The monoisotopic (exact) mass is 368 g/mol. The van der Waals surface area contributed by atoms with Gasteiger partial charge in [0.05, 0.1) is 7.11 Å². The Morgan fingerprint density at radius 3 is 2.04 bits per heavy atom. The van der Waals surface area contributed by atoms with Gasteiger partial charge in [-0.25, -0.2) is 0 Å². The number of ether oxygens (including phenoxy) is 1. The highest BCUT2D eigenvalue weighted by Gasteiger charge is 2.36. The largest absolute Gasteiger partial charge is 0.497 e. The van der Waals surface area contributed by atoms with Crippen LogP contribution >= 0.6 is 0 Å². The van der Waals surface area contributed by atoms with E-state index < -0.39 is 5.41 Å². The van der Waals surface area contributed by atoms with E-state index in [1.165, 1.54) is 0 Å². The molecule has 5 heteroatoms. The minimum absolute atomic E-state index is 0.321. The lowest BCUT2D eigenvalue weighted by atomic mass is 9.90. The second-order valence-electron chi connectivity index (χ2n) is 7.38. The van der Waals surface area contributed by atoms with E-state index in [0.717, 1.165) is 33.7 Å². The molecule has 2 amide bonds. The van der Waals surface area contributed by atoms with E-state index >= 15 is 0 Å². The molecule has 0 radical (unpaired) electrons. The molecule has 0 saturated carbocycles. The van der Waals surface area contributed by atoms with Crippen molar-refractivity contribution >= 4 is 17.5 Å². The highest BCUT2D eigenvalue weighted by atomic mass is 16.5. The van der Waals surface area contributed by atoms with Crippen molar-refractivity contribution in [3.05, 3.63) is 58.7 Å². The molecule has 2 rings (SSSR count). The van der Waals surface area contributed by atoms with Crippen LogP contribution in [0.3, 0.4) is 0 Å². The number of hydrogen-bond acceptors (Lipinski definition) is 3. The quantitative estimate of drug-likeness (QED) is 0.760. The average molecular weight is 368 g/mol. The first-order valence-electron chi connectivity index (χ1n) is 8.95. The van der Waals surface area contributed by atoms with Crippen LogP contribution in [0, 0.1) is 26.2 Å². The summed E-state index contributed by atoms with van der Waals surface area (Å²) < 4.78 is 5.12. The zero-order valence-corrected chi connectivity index (χ0v) is 16.9. The molecular weight excluding hydrogens is 340 g/mol. The minimum atomic E-state index is -1.20. The van der Waals surface area contributed by atoms with Crippen LogP contribution in [-0.4, -0.2) is 18.9 Å². The Hall–Kier alpha value is -2.82. The molecule has 0 fully saturated rings. The predicted molar refractivity (Wildman–Crippen MR) is 108 cm³/mol. The van der Waals surface area contributed by atoms with E-state index in [1.807, 2.05) is 57.2 Å². The smallest absolute Gasteiger partial charge is 0.239 e. The molecule has 0 unspecified atom stereocenters. The zero-order chi connectivity index (χ0) is 20.2. The summed E-state index contributed by atoms with van der Waals surface area (Å²) in [4.78, 5) is 25.4. The number of benzene rings is 2. The third kappa shape index (κ3) is 4.88. The molecule has 0 aromatic heterocycles. The van der Waals surface area contributed by atoms with Crippen molar-refractivity contribution in [2.24, 2.45) is 5.41 Å². The topological polar surface area (TPSA) is 67.4 Å². The average Bonchev–Trinajstić information content (AvgIpc) is 2.62. The first kappa shape index (κ1) is 20.5. The van der Waals surface area contributed by atoms with Crippen molar-refractivity contribution in [3.8, 4) is 5.75 Å². The molecule has 0 bridgehead atoms. The van der Waals surface area contributed by atoms with E-state index in [1.54, 1.807) is 21.0 Å². The van der Waals surface area contributed by atoms with Gasteiger partial charge in [0.15, 0.2) is 0 Å². The number of hydrogen-bond donors (Lipinski definition) is 2. The van der Waals surface area contributed by atoms with Gasteiger partial charge in [-0.2, -0.15) is 0 Å². The van der Waals surface area contributed by atoms with Gasteiger partial charge in [0.25, 0.3) is 0 Å². The van der Waals surface area contributed by atoms with Crippen molar-refractivity contribution < 1.29 is 14.3 Å². The molecule has 144 valence electrons. The fourth-order valence-corrected chi connectivity index (χ4v) is 2.90. The molecule has 0 heterocycles. The summed E-state index contributed by atoms with van der Waals surface area (Å²) in [5, 5.41) is 5.76. The Balaban J connectivity index is 2.05. The number of anilines is 1. The van der Waals surface area contributed by atoms with Crippen LogP contribution in [0.1, 0.15) is 36.1 Å². The van der Waals surface area contributed by atoms with E-state index in [2.05, 4.69) is 10.6 Å². The normalized spacial score (nSPS) is 11.0. The molecule has 0 atom stereocenters. The number of rotatable bonds is 6. The number of amides is 2. The zero-order valence-electron chi connectivity index (χ0n) is 16.9. The van der Waals surface area contributed by atoms with Crippen LogP contribution in [0.4, 0.5) is 5.69 Å². The van der Waals surface area contributed by atoms with E-state index in [4.69, 9.17) is 4.74 Å². The number of methoxy groups -OCH3 is 1. The first-order chi connectivity index (χ1) is 12.6. The number of carbonyl (C=O) groups is 2. The predicted octanol–water partition coefficient (Wildman–Crippen LogP) is 3.90. The summed E-state index contributed by atoms with van der Waals surface area (Å²) in [5.74, 6) is 0.108. The molecule has 0 aliphatic carbocycles. The highest BCUT2D eigenvalue weighted by Crippen LogP contribution is 2.25. The number of carbonyl (C=O) groups excluding carboxylic acids is 2. The fourth-order valence-electron chi connectivity index (χ4n) is 2.90. The second kappa shape index (κ2) is 8.25. The molecule has 0 spiro atoms. The van der Waals surface area contributed by atoms with Gasteiger partial charge in [-0.15, -0.1) is 0 Å². The SMILES string of the molecule is COc1ccc(CNC(=O)C(C)(C)C(=O)Nc2c(C)cc(C)cc2C)cc1. The van der Waals surface area contributed by atoms with Crippen LogP contribution in [0.5, 0.6) is 5.75 Å². The van der Waals surface area contributed by atoms with Crippen molar-refractivity contribution in [2.45, 2.75) is 41.2 Å². The standard InChI is InChI=1S/C22H28N2O3/c1-14-11-15(2)19(16(3)12-14)24-21(26)22(4,5)20(25)23-13-17-7-9-18(27-6)10-8-17/h7-12H,13H2,1-6H3,(H,23,25)(H,24,26). The van der Waals surface area contributed by atoms with Crippen LogP contribution < -0.4 is 15.4 Å². The molecule has 27 heavy (non-hydrogen) atoms. The Labute approximate surface area is 161 Å². The van der Waals surface area contributed by atoms with Crippen LogP contribution in [0.2, 0.25) is 0 Å². The van der Waals surface area contributed by atoms with Gasteiger partial charge >= 0.3 is 0 Å². The van der Waals surface area contributed by atoms with Gasteiger partial charge in [-0.3, -0.25) is 9.59 Å². The van der Waals surface area contributed by atoms with Gasteiger partial charge in [-0.05, 0) is 63.4 Å². The second-order valence-corrected chi connectivity index (χ2v) is 7.38. The van der Waals surface area contributed by atoms with E-state index in [-0.39, 0.29) is 11.8 Å². The molecule has 2 aromatic rings. The van der Waals surface area contributed by atoms with Crippen molar-refractivity contribution in [3.63, 3.8) is 0 Å². The van der Waals surface area contributed by atoms with E-state index in [9.17, 15) is 9.59 Å². The maximum Gasteiger partial charge on any atom is 0.239 e. The fraction of sp³-hybridized carbons (Fsp3) is 0.364. The molecule has 0 aliphatic heterocycles. The molecule has 5 nitrogen and oxygen atoms in total. The molecule has 0 aliphatic rings. The summed E-state index contributed by atoms with van der Waals surface area (Å²) in [6.45, 7) is 9.53. The van der Waals surface area contributed by atoms with Crippen LogP contribution in [-0.2, 0) is 16.1 Å². The Kier molecular flexibility index (Phi) is 6.26. The van der Waals surface area contributed by atoms with Gasteiger partial charge in [0.1, 0.15) is 11.2 Å². The first-order valence-corrected chi connectivity index (χ1v) is 8.95. The lowest BCUT2D eigenvalue weighted by Gasteiger charge is -2.24. The minimum Gasteiger partial charge on any atom is -0.497 e. The number of aryl methyl sites for hydroxylation is 3. The van der Waals surface area contributed by atoms with Crippen LogP contribution in [0.25, 0.3) is 0 Å². The molecule has 0 saturated heterocycles.